The summed E-state index contributed by atoms with van der Waals surface area (Å²) in [6.07, 6.45) is -0.00722. The van der Waals surface area contributed by atoms with Gasteiger partial charge in [-0.1, -0.05) is 23.2 Å². The first-order valence-corrected chi connectivity index (χ1v) is 7.89. The van der Waals surface area contributed by atoms with Gasteiger partial charge in [-0.3, -0.25) is 0 Å². The van der Waals surface area contributed by atoms with Crippen LogP contribution in [0.3, 0.4) is 0 Å². The highest BCUT2D eigenvalue weighted by atomic mass is 35.5. The van der Waals surface area contributed by atoms with E-state index in [0.717, 1.165) is 16.4 Å². The van der Waals surface area contributed by atoms with Crippen molar-refractivity contribution in [3.63, 3.8) is 0 Å². The quantitative estimate of drug-likeness (QED) is 0.879. The maximum absolute atomic E-state index is 12.5. The third kappa shape index (κ3) is 3.66. The van der Waals surface area contributed by atoms with E-state index < -0.39 is 22.0 Å². The molecule has 0 heterocycles. The van der Waals surface area contributed by atoms with Crippen LogP contribution in [0.1, 0.15) is 23.7 Å². The Kier molecular flexibility index (Phi) is 5.59. The summed E-state index contributed by atoms with van der Waals surface area (Å²) >= 11 is 11.6. The molecule has 0 radical (unpaired) electrons. The molecule has 0 amide bonds. The van der Waals surface area contributed by atoms with Gasteiger partial charge < -0.3 is 5.11 Å². The Hall–Kier alpha value is -1.33. The number of carbonyl (C=O) groups is 1. The van der Waals surface area contributed by atoms with Crippen molar-refractivity contribution < 1.29 is 18.3 Å². The Bertz CT molecular complexity index is 713. The van der Waals surface area contributed by atoms with Crippen molar-refractivity contribution in [1.29, 1.82) is 5.26 Å². The van der Waals surface area contributed by atoms with Gasteiger partial charge in [0.05, 0.1) is 28.1 Å². The maximum Gasteiger partial charge on any atom is 0.337 e. The van der Waals surface area contributed by atoms with Gasteiger partial charge in [0.2, 0.25) is 10.0 Å². The predicted octanol–water partition coefficient (Wildman–Crippen LogP) is 2.61. The van der Waals surface area contributed by atoms with E-state index in [0.29, 0.717) is 0 Å². The smallest absolute Gasteiger partial charge is 0.337 e. The summed E-state index contributed by atoms with van der Waals surface area (Å²) in [5, 5.41) is 17.3. The molecule has 1 unspecified atom stereocenters. The van der Waals surface area contributed by atoms with E-state index in [-0.39, 0.29) is 26.9 Å². The first-order valence-electron chi connectivity index (χ1n) is 5.70. The Labute approximate surface area is 132 Å². The first kappa shape index (κ1) is 17.7. The predicted molar refractivity (Wildman–Crippen MR) is 78.1 cm³/mol. The van der Waals surface area contributed by atoms with Gasteiger partial charge in [-0.15, -0.1) is 0 Å². The summed E-state index contributed by atoms with van der Waals surface area (Å²) in [6.45, 7) is 1.56. The van der Waals surface area contributed by atoms with Crippen LogP contribution in [0, 0.1) is 11.3 Å². The highest BCUT2D eigenvalue weighted by Crippen LogP contribution is 2.31. The molecule has 0 aliphatic rings. The summed E-state index contributed by atoms with van der Waals surface area (Å²) in [6, 6.07) is 3.27. The van der Waals surface area contributed by atoms with Crippen LogP contribution >= 0.6 is 23.2 Å². The van der Waals surface area contributed by atoms with Crippen LogP contribution in [0.5, 0.6) is 0 Å². The molecule has 1 rings (SSSR count). The van der Waals surface area contributed by atoms with Crippen LogP contribution < -0.4 is 0 Å². The van der Waals surface area contributed by atoms with Crippen molar-refractivity contribution in [2.24, 2.45) is 0 Å². The molecule has 1 atom stereocenters. The van der Waals surface area contributed by atoms with Crippen LogP contribution in [-0.4, -0.2) is 36.9 Å². The Morgan fingerprint density at radius 3 is 2.48 bits per heavy atom. The lowest BCUT2D eigenvalue weighted by molar-refractivity contribution is 0.0697. The number of carboxylic acid groups (broad SMARTS) is 1. The lowest BCUT2D eigenvalue weighted by atomic mass is 10.2. The van der Waals surface area contributed by atoms with Crippen molar-refractivity contribution in [1.82, 2.24) is 4.31 Å². The molecule has 0 bridgehead atoms. The monoisotopic (exact) mass is 350 g/mol. The summed E-state index contributed by atoms with van der Waals surface area (Å²) in [5.74, 6) is -1.36. The lowest BCUT2D eigenvalue weighted by Gasteiger charge is -2.23. The summed E-state index contributed by atoms with van der Waals surface area (Å²) < 4.78 is 25.9. The topological polar surface area (TPSA) is 98.5 Å². The van der Waals surface area contributed by atoms with Gasteiger partial charge in [-0.2, -0.15) is 9.57 Å². The molecule has 21 heavy (non-hydrogen) atoms. The van der Waals surface area contributed by atoms with Crippen LogP contribution in [0.4, 0.5) is 0 Å². The minimum Gasteiger partial charge on any atom is -0.478 e. The van der Waals surface area contributed by atoms with Crippen molar-refractivity contribution in [3.05, 3.63) is 27.7 Å². The third-order valence-electron chi connectivity index (χ3n) is 2.92. The van der Waals surface area contributed by atoms with E-state index in [2.05, 4.69) is 0 Å². The molecule has 0 aromatic heterocycles. The van der Waals surface area contributed by atoms with Crippen molar-refractivity contribution in [2.75, 3.05) is 7.05 Å². The van der Waals surface area contributed by atoms with Gasteiger partial charge in [0.25, 0.3) is 0 Å². The maximum atomic E-state index is 12.5. The zero-order valence-corrected chi connectivity index (χ0v) is 13.5. The number of aromatic carboxylic acids is 1. The zero-order valence-electron chi connectivity index (χ0n) is 11.2. The molecule has 6 nitrogen and oxygen atoms in total. The number of hydrogen-bond donors (Lipinski definition) is 1. The van der Waals surface area contributed by atoms with Crippen LogP contribution in [0.2, 0.25) is 10.0 Å². The van der Waals surface area contributed by atoms with Gasteiger partial charge in [-0.25, -0.2) is 13.2 Å². The molecule has 114 valence electrons. The average Bonchev–Trinajstić information content (AvgIpc) is 2.37. The number of halogens is 2. The lowest BCUT2D eigenvalue weighted by Crippen LogP contribution is -2.35. The summed E-state index contributed by atoms with van der Waals surface area (Å²) in [4.78, 5) is 10.7. The van der Waals surface area contributed by atoms with Crippen molar-refractivity contribution in [2.45, 2.75) is 24.3 Å². The summed E-state index contributed by atoms with van der Waals surface area (Å²) in [7, 11) is -2.74. The normalized spacial score (nSPS) is 13.0. The van der Waals surface area contributed by atoms with Gasteiger partial charge in [0.15, 0.2) is 0 Å². The molecular formula is C12H12Cl2N2O4S. The second kappa shape index (κ2) is 6.62. The van der Waals surface area contributed by atoms with Gasteiger partial charge in [0, 0.05) is 13.1 Å². The molecular weight excluding hydrogens is 339 g/mol. The van der Waals surface area contributed by atoms with E-state index >= 15 is 0 Å². The second-order valence-electron chi connectivity index (χ2n) is 4.30. The van der Waals surface area contributed by atoms with E-state index in [1.54, 1.807) is 6.92 Å². The van der Waals surface area contributed by atoms with E-state index in [1.807, 2.05) is 6.07 Å². The van der Waals surface area contributed by atoms with Gasteiger partial charge >= 0.3 is 5.97 Å². The first-order chi connectivity index (χ1) is 9.62. The van der Waals surface area contributed by atoms with Gasteiger partial charge in [0.1, 0.15) is 4.90 Å². The number of rotatable bonds is 5. The number of hydrogen-bond acceptors (Lipinski definition) is 4. The molecule has 0 spiro atoms. The molecule has 1 N–H and O–H groups in total. The largest absolute Gasteiger partial charge is 0.478 e. The molecule has 0 aliphatic carbocycles. The van der Waals surface area contributed by atoms with Crippen LogP contribution in [0.15, 0.2) is 17.0 Å². The molecule has 0 saturated heterocycles. The second-order valence-corrected chi connectivity index (χ2v) is 7.08. The van der Waals surface area contributed by atoms with Gasteiger partial charge in [-0.05, 0) is 19.1 Å². The average molecular weight is 351 g/mol. The minimum atomic E-state index is -4.04. The Morgan fingerprint density at radius 1 is 1.43 bits per heavy atom. The minimum absolute atomic E-state index is 0.00722. The number of benzene rings is 1. The fourth-order valence-corrected chi connectivity index (χ4v) is 3.73. The number of nitrogens with zero attached hydrogens (tertiary/aromatic N) is 2. The molecule has 0 fully saturated rings. The number of carboxylic acids is 1. The standard InChI is InChI=1S/C12H12Cl2N2O4S/c1-7(3-4-15)16(2)21(19,20)11-5-8(12(17)18)9(13)6-10(11)14/h5-7H,3H2,1-2H3,(H,17,18). The molecule has 9 heteroatoms. The summed E-state index contributed by atoms with van der Waals surface area (Å²) in [5.41, 5.74) is -0.360. The number of nitriles is 1. The van der Waals surface area contributed by atoms with E-state index in [1.165, 1.54) is 7.05 Å². The van der Waals surface area contributed by atoms with E-state index in [4.69, 9.17) is 33.6 Å². The Morgan fingerprint density at radius 2 is 2.00 bits per heavy atom. The van der Waals surface area contributed by atoms with Crippen LogP contribution in [0.25, 0.3) is 0 Å². The highest BCUT2D eigenvalue weighted by molar-refractivity contribution is 7.89. The zero-order chi connectivity index (χ0) is 16.4. The molecule has 0 saturated carbocycles. The molecule has 1 aromatic carbocycles. The molecule has 0 aliphatic heterocycles. The highest BCUT2D eigenvalue weighted by Gasteiger charge is 2.29. The SMILES string of the molecule is CC(CC#N)N(C)S(=O)(=O)c1cc(C(=O)O)c(Cl)cc1Cl. The number of sulfonamides is 1. The third-order valence-corrected chi connectivity index (χ3v) is 5.67. The van der Waals surface area contributed by atoms with Crippen LogP contribution in [-0.2, 0) is 10.0 Å². The van der Waals surface area contributed by atoms with Crippen molar-refractivity contribution in [3.8, 4) is 6.07 Å². The van der Waals surface area contributed by atoms with E-state index in [9.17, 15) is 13.2 Å². The molecule has 1 aromatic rings. The van der Waals surface area contributed by atoms with Crippen molar-refractivity contribution >= 4 is 39.2 Å². The fourth-order valence-electron chi connectivity index (χ4n) is 1.54. The fraction of sp³-hybridized carbons (Fsp3) is 0.333. The Balaban J connectivity index is 3.42.